The van der Waals surface area contributed by atoms with Crippen molar-refractivity contribution in [3.8, 4) is 0 Å². The Labute approximate surface area is 211 Å². The number of ether oxygens (including phenoxy) is 1. The summed E-state index contributed by atoms with van der Waals surface area (Å²) in [5.74, 6) is 1.79. The number of nitrogens with zero attached hydrogens (tertiary/aromatic N) is 2. The minimum absolute atomic E-state index is 0. The average Bonchev–Trinajstić information content (AvgIpc) is 3.51. The number of hydrogen-bond donors (Lipinski definition) is 2. The molecule has 8 heteroatoms. The van der Waals surface area contributed by atoms with Crippen LogP contribution in [0.25, 0.3) is 0 Å². The molecule has 32 heavy (non-hydrogen) atoms. The van der Waals surface area contributed by atoms with Crippen molar-refractivity contribution in [1.82, 2.24) is 15.5 Å². The zero-order valence-corrected chi connectivity index (χ0v) is 21.3. The third-order valence-electron chi connectivity index (χ3n) is 5.28. The summed E-state index contributed by atoms with van der Waals surface area (Å²) in [4.78, 5) is 8.62. The maximum Gasteiger partial charge on any atom is 0.191 e. The topological polar surface area (TPSA) is 62.0 Å². The van der Waals surface area contributed by atoms with Crippen molar-refractivity contribution in [3.05, 3.63) is 81.9 Å². The monoisotopic (exact) mass is 566 g/mol. The molecule has 4 rings (SSSR count). The van der Waals surface area contributed by atoms with Gasteiger partial charge in [-0.05, 0) is 34.7 Å². The van der Waals surface area contributed by atoms with E-state index in [1.54, 1.807) is 17.6 Å². The van der Waals surface area contributed by atoms with Gasteiger partial charge in [-0.3, -0.25) is 4.90 Å². The van der Waals surface area contributed by atoms with Crippen LogP contribution in [0.1, 0.15) is 21.8 Å². The lowest BCUT2D eigenvalue weighted by atomic mass is 10.1. The highest BCUT2D eigenvalue weighted by Crippen LogP contribution is 2.14. The fourth-order valence-corrected chi connectivity index (χ4v) is 4.19. The third kappa shape index (κ3) is 7.91. The molecular formula is C24H31IN4O2S. The quantitative estimate of drug-likeness (QED) is 0.230. The maximum absolute atomic E-state index is 5.48. The van der Waals surface area contributed by atoms with Gasteiger partial charge in [0.1, 0.15) is 5.76 Å². The molecule has 6 nitrogen and oxygen atoms in total. The number of benzene rings is 1. The highest BCUT2D eigenvalue weighted by atomic mass is 127. The Morgan fingerprint density at radius 1 is 1.00 bits per heavy atom. The predicted octanol–water partition coefficient (Wildman–Crippen LogP) is 4.27. The number of rotatable bonds is 9. The summed E-state index contributed by atoms with van der Waals surface area (Å²) in [6.45, 7) is 6.71. The van der Waals surface area contributed by atoms with Crippen LogP contribution in [0.3, 0.4) is 0 Å². The van der Waals surface area contributed by atoms with Crippen molar-refractivity contribution < 1.29 is 9.15 Å². The van der Waals surface area contributed by atoms with E-state index in [0.717, 1.165) is 64.1 Å². The van der Waals surface area contributed by atoms with Crippen LogP contribution in [0.4, 0.5) is 0 Å². The number of morpholine rings is 1. The van der Waals surface area contributed by atoms with Gasteiger partial charge in [-0.25, -0.2) is 4.99 Å². The SMILES string of the molecule is I.c1coc(CCNC(=NCc2ccccc2CN2CCOCC2)NCc2cccs2)c1. The molecule has 0 amide bonds. The van der Waals surface area contributed by atoms with Crippen molar-refractivity contribution >= 4 is 41.3 Å². The van der Waals surface area contributed by atoms with E-state index in [1.165, 1.54) is 16.0 Å². The number of guanidine groups is 1. The lowest BCUT2D eigenvalue weighted by molar-refractivity contribution is 0.0341. The first kappa shape index (κ1) is 24.8. The van der Waals surface area contributed by atoms with E-state index in [1.807, 2.05) is 12.1 Å². The Bertz CT molecular complexity index is 925. The fraction of sp³-hybridized carbons (Fsp3) is 0.375. The van der Waals surface area contributed by atoms with E-state index in [2.05, 4.69) is 57.3 Å². The highest BCUT2D eigenvalue weighted by molar-refractivity contribution is 14.0. The first-order chi connectivity index (χ1) is 15.4. The van der Waals surface area contributed by atoms with Gasteiger partial charge < -0.3 is 19.8 Å². The molecule has 1 aliphatic rings. The molecule has 1 fully saturated rings. The van der Waals surface area contributed by atoms with E-state index in [0.29, 0.717) is 6.54 Å². The minimum Gasteiger partial charge on any atom is -0.469 e. The van der Waals surface area contributed by atoms with E-state index in [-0.39, 0.29) is 24.0 Å². The minimum atomic E-state index is 0. The largest absolute Gasteiger partial charge is 0.469 e. The van der Waals surface area contributed by atoms with Crippen LogP contribution < -0.4 is 10.6 Å². The first-order valence-corrected chi connectivity index (χ1v) is 11.7. The number of furan rings is 1. The molecule has 2 N–H and O–H groups in total. The Morgan fingerprint density at radius 3 is 2.59 bits per heavy atom. The van der Waals surface area contributed by atoms with Gasteiger partial charge in [0.2, 0.25) is 0 Å². The summed E-state index contributed by atoms with van der Waals surface area (Å²) in [6.07, 6.45) is 2.53. The molecule has 2 aromatic heterocycles. The Kier molecular flexibility index (Phi) is 10.5. The number of nitrogens with one attached hydrogen (secondary N) is 2. The summed E-state index contributed by atoms with van der Waals surface area (Å²) in [5, 5.41) is 9.01. The summed E-state index contributed by atoms with van der Waals surface area (Å²) < 4.78 is 10.9. The molecule has 0 saturated carbocycles. The summed E-state index contributed by atoms with van der Waals surface area (Å²) in [6, 6.07) is 16.7. The van der Waals surface area contributed by atoms with Crippen molar-refractivity contribution in [1.29, 1.82) is 0 Å². The molecule has 0 unspecified atom stereocenters. The smallest absolute Gasteiger partial charge is 0.191 e. The molecule has 0 radical (unpaired) electrons. The van der Waals surface area contributed by atoms with Crippen LogP contribution in [0.2, 0.25) is 0 Å². The second-order valence-corrected chi connectivity index (χ2v) is 8.54. The third-order valence-corrected chi connectivity index (χ3v) is 6.15. The standard InChI is InChI=1S/C24H30N4O2S.HI/c1-2-6-21(19-28-11-14-29-15-12-28)20(5-1)17-26-24(27-18-23-8-4-16-31-23)25-10-9-22-7-3-13-30-22;/h1-8,13,16H,9-12,14-15,17-19H2,(H2,25,26,27);1H. The van der Waals surface area contributed by atoms with E-state index in [9.17, 15) is 0 Å². The Morgan fingerprint density at radius 2 is 1.84 bits per heavy atom. The lowest BCUT2D eigenvalue weighted by Gasteiger charge is -2.27. The van der Waals surface area contributed by atoms with E-state index < -0.39 is 0 Å². The van der Waals surface area contributed by atoms with E-state index >= 15 is 0 Å². The zero-order valence-electron chi connectivity index (χ0n) is 18.2. The zero-order chi connectivity index (χ0) is 21.1. The molecule has 0 atom stereocenters. The van der Waals surface area contributed by atoms with Crippen LogP contribution in [-0.2, 0) is 30.8 Å². The van der Waals surface area contributed by atoms with Crippen LogP contribution in [0.15, 0.2) is 69.6 Å². The van der Waals surface area contributed by atoms with Crippen molar-refractivity contribution in [2.75, 3.05) is 32.8 Å². The second kappa shape index (κ2) is 13.6. The summed E-state index contributed by atoms with van der Waals surface area (Å²) in [5.41, 5.74) is 2.60. The number of aliphatic imine (C=N–C) groups is 1. The summed E-state index contributed by atoms with van der Waals surface area (Å²) >= 11 is 1.75. The van der Waals surface area contributed by atoms with Crippen molar-refractivity contribution in [2.24, 2.45) is 4.99 Å². The van der Waals surface area contributed by atoms with Gasteiger partial charge in [0.15, 0.2) is 5.96 Å². The number of thiophene rings is 1. The van der Waals surface area contributed by atoms with Gasteiger partial charge >= 0.3 is 0 Å². The summed E-state index contributed by atoms with van der Waals surface area (Å²) in [7, 11) is 0. The van der Waals surface area contributed by atoms with Crippen molar-refractivity contribution in [3.63, 3.8) is 0 Å². The van der Waals surface area contributed by atoms with Gasteiger partial charge in [-0.15, -0.1) is 35.3 Å². The molecular weight excluding hydrogens is 535 g/mol. The van der Waals surface area contributed by atoms with E-state index in [4.69, 9.17) is 14.1 Å². The fourth-order valence-electron chi connectivity index (χ4n) is 3.55. The molecule has 1 saturated heterocycles. The first-order valence-electron chi connectivity index (χ1n) is 10.8. The van der Waals surface area contributed by atoms with Gasteiger partial charge in [-0.1, -0.05) is 30.3 Å². The molecule has 172 valence electrons. The van der Waals surface area contributed by atoms with Crippen LogP contribution in [-0.4, -0.2) is 43.7 Å². The second-order valence-electron chi connectivity index (χ2n) is 7.51. The Hall–Kier alpha value is -1.88. The molecule has 0 bridgehead atoms. The molecule has 3 heterocycles. The lowest BCUT2D eigenvalue weighted by Crippen LogP contribution is -2.38. The number of hydrogen-bond acceptors (Lipinski definition) is 5. The highest BCUT2D eigenvalue weighted by Gasteiger charge is 2.12. The van der Waals surface area contributed by atoms with Crippen LogP contribution >= 0.6 is 35.3 Å². The predicted molar refractivity (Wildman–Crippen MR) is 141 cm³/mol. The Balaban J connectivity index is 0.00000289. The normalized spacial score (nSPS) is 14.7. The average molecular weight is 567 g/mol. The van der Waals surface area contributed by atoms with Gasteiger partial charge in [-0.2, -0.15) is 0 Å². The molecule has 1 aromatic carbocycles. The van der Waals surface area contributed by atoms with Crippen LogP contribution in [0.5, 0.6) is 0 Å². The molecule has 1 aliphatic heterocycles. The van der Waals surface area contributed by atoms with Gasteiger partial charge in [0.05, 0.1) is 32.6 Å². The molecule has 3 aromatic rings. The molecule has 0 aliphatic carbocycles. The number of halogens is 1. The van der Waals surface area contributed by atoms with Crippen molar-refractivity contribution in [2.45, 2.75) is 26.1 Å². The van der Waals surface area contributed by atoms with Gasteiger partial charge in [0, 0.05) is 37.5 Å². The van der Waals surface area contributed by atoms with Crippen LogP contribution in [0, 0.1) is 0 Å². The maximum atomic E-state index is 5.48. The van der Waals surface area contributed by atoms with Gasteiger partial charge in [0.25, 0.3) is 0 Å². The molecule has 0 spiro atoms.